The first kappa shape index (κ1) is 16.0. The Morgan fingerprint density at radius 3 is 2.72 bits per heavy atom. The molecule has 4 heteroatoms. The highest BCUT2D eigenvalue weighted by atomic mass is 19.1. The summed E-state index contributed by atoms with van der Waals surface area (Å²) in [6, 6.07) is 17.7. The highest BCUT2D eigenvalue weighted by Crippen LogP contribution is 2.35. The van der Waals surface area contributed by atoms with Crippen LogP contribution in [0.3, 0.4) is 0 Å². The van der Waals surface area contributed by atoms with Gasteiger partial charge in [0.05, 0.1) is 6.04 Å². The fourth-order valence-electron chi connectivity index (χ4n) is 3.78. The van der Waals surface area contributed by atoms with Gasteiger partial charge in [-0.05, 0) is 31.4 Å². The summed E-state index contributed by atoms with van der Waals surface area (Å²) >= 11 is 0. The van der Waals surface area contributed by atoms with Crippen LogP contribution in [0.5, 0.6) is 0 Å². The molecular formula is C21H22FN3. The molecule has 0 saturated heterocycles. The zero-order chi connectivity index (χ0) is 17.2. The molecule has 1 aromatic heterocycles. The number of hydrogen-bond donors (Lipinski definition) is 1. The average molecular weight is 335 g/mol. The highest BCUT2D eigenvalue weighted by Gasteiger charge is 2.31. The van der Waals surface area contributed by atoms with E-state index in [1.165, 1.54) is 11.6 Å². The van der Waals surface area contributed by atoms with Crippen molar-refractivity contribution < 1.29 is 4.39 Å². The summed E-state index contributed by atoms with van der Waals surface area (Å²) in [5, 5.41) is 3.67. The molecule has 0 amide bonds. The largest absolute Gasteiger partial charge is 0.331 e. The zero-order valence-corrected chi connectivity index (χ0v) is 14.3. The Balaban J connectivity index is 1.63. The van der Waals surface area contributed by atoms with Crippen LogP contribution in [0, 0.1) is 5.82 Å². The Morgan fingerprint density at radius 2 is 1.92 bits per heavy atom. The van der Waals surface area contributed by atoms with Crippen molar-refractivity contribution in [3.05, 3.63) is 89.8 Å². The van der Waals surface area contributed by atoms with Crippen molar-refractivity contribution in [2.75, 3.05) is 0 Å². The molecule has 2 aromatic carbocycles. The SMILES string of the molecule is CC1CC(NC(Cc2ccccc2)c2ccccc2F)c2nccn21. The van der Waals surface area contributed by atoms with E-state index in [9.17, 15) is 4.39 Å². The smallest absolute Gasteiger partial charge is 0.127 e. The number of rotatable bonds is 5. The van der Waals surface area contributed by atoms with E-state index >= 15 is 0 Å². The maximum absolute atomic E-state index is 14.5. The molecule has 0 bridgehead atoms. The topological polar surface area (TPSA) is 29.9 Å². The van der Waals surface area contributed by atoms with Gasteiger partial charge >= 0.3 is 0 Å². The second-order valence-electron chi connectivity index (χ2n) is 6.76. The van der Waals surface area contributed by atoms with Crippen molar-refractivity contribution >= 4 is 0 Å². The Bertz CT molecular complexity index is 843. The van der Waals surface area contributed by atoms with E-state index in [2.05, 4.69) is 33.9 Å². The minimum atomic E-state index is -0.162. The van der Waals surface area contributed by atoms with Gasteiger partial charge in [-0.25, -0.2) is 9.37 Å². The number of imidazole rings is 1. The van der Waals surface area contributed by atoms with Crippen LogP contribution in [0.2, 0.25) is 0 Å². The predicted octanol–water partition coefficient (Wildman–Crippen LogP) is 4.60. The van der Waals surface area contributed by atoms with Gasteiger partial charge < -0.3 is 4.57 Å². The van der Waals surface area contributed by atoms with Crippen LogP contribution in [0.1, 0.15) is 48.4 Å². The summed E-state index contributed by atoms with van der Waals surface area (Å²) in [5.41, 5.74) is 1.90. The Morgan fingerprint density at radius 1 is 1.16 bits per heavy atom. The quantitative estimate of drug-likeness (QED) is 0.738. The number of fused-ring (bicyclic) bond motifs is 1. The standard InChI is InChI=1S/C21H22FN3/c1-15-13-20(21-23-11-12-25(15)21)24-19(14-16-7-3-2-4-8-16)17-9-5-6-10-18(17)22/h2-12,15,19-20,24H,13-14H2,1H3. The first-order chi connectivity index (χ1) is 12.2. The molecule has 0 fully saturated rings. The van der Waals surface area contributed by atoms with Crippen molar-refractivity contribution in [3.8, 4) is 0 Å². The lowest BCUT2D eigenvalue weighted by Crippen LogP contribution is -2.28. The van der Waals surface area contributed by atoms with Crippen LogP contribution in [-0.2, 0) is 6.42 Å². The molecule has 25 heavy (non-hydrogen) atoms. The number of aromatic nitrogens is 2. The maximum atomic E-state index is 14.5. The van der Waals surface area contributed by atoms with E-state index in [0.717, 1.165) is 18.7 Å². The van der Waals surface area contributed by atoms with Gasteiger partial charge in [-0.3, -0.25) is 5.32 Å². The molecule has 4 rings (SSSR count). The Hall–Kier alpha value is -2.46. The third-order valence-electron chi connectivity index (χ3n) is 5.03. The summed E-state index contributed by atoms with van der Waals surface area (Å²) in [7, 11) is 0. The molecular weight excluding hydrogens is 313 g/mol. The summed E-state index contributed by atoms with van der Waals surface area (Å²) in [5.74, 6) is 0.882. The molecule has 1 N–H and O–H groups in total. The third kappa shape index (κ3) is 3.22. The lowest BCUT2D eigenvalue weighted by atomic mass is 9.97. The van der Waals surface area contributed by atoms with Gasteiger partial charge in [0, 0.05) is 30.0 Å². The number of hydrogen-bond acceptors (Lipinski definition) is 2. The molecule has 0 radical (unpaired) electrons. The minimum Gasteiger partial charge on any atom is -0.331 e. The van der Waals surface area contributed by atoms with Gasteiger partial charge in [-0.2, -0.15) is 0 Å². The fraction of sp³-hybridized carbons (Fsp3) is 0.286. The Kier molecular flexibility index (Phi) is 4.36. The van der Waals surface area contributed by atoms with Crippen LogP contribution in [0.25, 0.3) is 0 Å². The van der Waals surface area contributed by atoms with Crippen LogP contribution < -0.4 is 5.32 Å². The van der Waals surface area contributed by atoms with Crippen molar-refractivity contribution in [3.63, 3.8) is 0 Å². The van der Waals surface area contributed by atoms with Gasteiger partial charge in [0.15, 0.2) is 0 Å². The molecule has 3 atom stereocenters. The fourth-order valence-corrected chi connectivity index (χ4v) is 3.78. The van der Waals surface area contributed by atoms with Crippen molar-refractivity contribution in [2.45, 2.75) is 37.9 Å². The Labute approximate surface area is 147 Å². The number of nitrogens with one attached hydrogen (secondary N) is 1. The third-order valence-corrected chi connectivity index (χ3v) is 5.03. The summed E-state index contributed by atoms with van der Waals surface area (Å²) in [4.78, 5) is 4.51. The number of halogens is 1. The zero-order valence-electron chi connectivity index (χ0n) is 14.3. The van der Waals surface area contributed by atoms with Crippen LogP contribution in [-0.4, -0.2) is 9.55 Å². The second kappa shape index (κ2) is 6.81. The molecule has 3 aromatic rings. The summed E-state index contributed by atoms with van der Waals surface area (Å²) in [6.45, 7) is 2.20. The minimum absolute atomic E-state index is 0.0935. The van der Waals surface area contributed by atoms with Gasteiger partial charge in [0.2, 0.25) is 0 Å². The summed E-state index contributed by atoms with van der Waals surface area (Å²) < 4.78 is 16.7. The molecule has 0 saturated carbocycles. The first-order valence-corrected chi connectivity index (χ1v) is 8.79. The molecule has 1 aliphatic rings. The van der Waals surface area contributed by atoms with Crippen LogP contribution in [0.4, 0.5) is 4.39 Å². The van der Waals surface area contributed by atoms with Gasteiger partial charge in [0.1, 0.15) is 11.6 Å². The van der Waals surface area contributed by atoms with Gasteiger partial charge in [-0.1, -0.05) is 48.5 Å². The highest BCUT2D eigenvalue weighted by molar-refractivity contribution is 5.26. The molecule has 3 unspecified atom stereocenters. The second-order valence-corrected chi connectivity index (χ2v) is 6.76. The monoisotopic (exact) mass is 335 g/mol. The average Bonchev–Trinajstić information content (AvgIpc) is 3.21. The molecule has 0 spiro atoms. The van der Waals surface area contributed by atoms with E-state index in [0.29, 0.717) is 11.6 Å². The van der Waals surface area contributed by atoms with E-state index in [-0.39, 0.29) is 17.9 Å². The van der Waals surface area contributed by atoms with Crippen molar-refractivity contribution in [1.82, 2.24) is 14.9 Å². The van der Waals surface area contributed by atoms with E-state index in [1.54, 1.807) is 6.07 Å². The number of nitrogens with zero attached hydrogens (tertiary/aromatic N) is 2. The summed E-state index contributed by atoms with van der Waals surface area (Å²) in [6.07, 6.45) is 5.59. The molecule has 1 aliphatic heterocycles. The van der Waals surface area contributed by atoms with Crippen molar-refractivity contribution in [1.29, 1.82) is 0 Å². The van der Waals surface area contributed by atoms with Gasteiger partial charge in [0.25, 0.3) is 0 Å². The molecule has 0 aliphatic carbocycles. The van der Waals surface area contributed by atoms with E-state index in [1.807, 2.05) is 42.7 Å². The first-order valence-electron chi connectivity index (χ1n) is 8.79. The normalized spacial score (nSPS) is 20.4. The maximum Gasteiger partial charge on any atom is 0.127 e. The van der Waals surface area contributed by atoms with Gasteiger partial charge in [-0.15, -0.1) is 0 Å². The lowest BCUT2D eigenvalue weighted by molar-refractivity contribution is 0.408. The lowest BCUT2D eigenvalue weighted by Gasteiger charge is -2.24. The van der Waals surface area contributed by atoms with E-state index in [4.69, 9.17) is 0 Å². The van der Waals surface area contributed by atoms with E-state index < -0.39 is 0 Å². The van der Waals surface area contributed by atoms with Crippen LogP contribution >= 0.6 is 0 Å². The van der Waals surface area contributed by atoms with Crippen molar-refractivity contribution in [2.24, 2.45) is 0 Å². The number of benzene rings is 2. The van der Waals surface area contributed by atoms with Crippen LogP contribution in [0.15, 0.2) is 67.0 Å². The molecule has 2 heterocycles. The molecule has 3 nitrogen and oxygen atoms in total. The molecule has 128 valence electrons. The predicted molar refractivity (Wildman–Crippen MR) is 96.7 cm³/mol.